The number of aliphatic hydroxyl groups is 1. The Kier molecular flexibility index (Phi) is 2.54. The highest BCUT2D eigenvalue weighted by Crippen LogP contribution is 2.70. The molecule has 2 nitrogen and oxygen atoms in total. The average molecular weight is 307 g/mol. The molecule has 5 rings (SSSR count). The van der Waals surface area contributed by atoms with Crippen molar-refractivity contribution in [3.8, 4) is 0 Å². The van der Waals surface area contributed by atoms with E-state index < -0.39 is 0 Å². The molecule has 4 aliphatic rings. The minimum atomic E-state index is -0.0207. The molecule has 2 N–H and O–H groups in total. The van der Waals surface area contributed by atoms with E-state index in [9.17, 15) is 5.11 Å². The van der Waals surface area contributed by atoms with E-state index in [1.54, 1.807) is 0 Å². The second-order valence-electron chi connectivity index (χ2n) is 8.36. The van der Waals surface area contributed by atoms with Gasteiger partial charge in [-0.05, 0) is 43.7 Å². The van der Waals surface area contributed by atoms with Gasteiger partial charge in [-0.3, -0.25) is 0 Å². The smallest absolute Gasteiger partial charge is 0.0483 e. The SMILES string of the molecule is C[C@@]12N[C@@](C)(c3ccccc3[C@@]3(CCO)CC31)C1C=CC=CC12. The topological polar surface area (TPSA) is 32.3 Å². The Hall–Kier alpha value is -1.38. The van der Waals surface area contributed by atoms with Gasteiger partial charge in [-0.15, -0.1) is 0 Å². The number of benzene rings is 1. The maximum absolute atomic E-state index is 9.73. The summed E-state index contributed by atoms with van der Waals surface area (Å²) in [6.45, 7) is 5.09. The summed E-state index contributed by atoms with van der Waals surface area (Å²) in [5, 5.41) is 13.8. The van der Waals surface area contributed by atoms with Gasteiger partial charge in [0, 0.05) is 34.9 Å². The van der Waals surface area contributed by atoms with Gasteiger partial charge >= 0.3 is 0 Å². The highest BCUT2D eigenvalue weighted by atomic mass is 16.3. The summed E-state index contributed by atoms with van der Waals surface area (Å²) in [4.78, 5) is 0. The van der Waals surface area contributed by atoms with E-state index in [1.807, 2.05) is 0 Å². The van der Waals surface area contributed by atoms with Crippen LogP contribution in [0.5, 0.6) is 0 Å². The second kappa shape index (κ2) is 4.17. The highest BCUT2D eigenvalue weighted by molar-refractivity contribution is 5.52. The van der Waals surface area contributed by atoms with Gasteiger partial charge in [0.05, 0.1) is 0 Å². The molecule has 2 fully saturated rings. The lowest BCUT2D eigenvalue weighted by molar-refractivity contribution is 0.232. The molecule has 0 radical (unpaired) electrons. The summed E-state index contributed by atoms with van der Waals surface area (Å²) in [5.41, 5.74) is 3.19. The summed E-state index contributed by atoms with van der Waals surface area (Å²) in [7, 11) is 0. The van der Waals surface area contributed by atoms with Crippen LogP contribution in [0.4, 0.5) is 0 Å². The van der Waals surface area contributed by atoms with Crippen molar-refractivity contribution in [2.75, 3.05) is 6.61 Å². The summed E-state index contributed by atoms with van der Waals surface area (Å²) < 4.78 is 0. The molecule has 1 aromatic carbocycles. The van der Waals surface area contributed by atoms with Crippen LogP contribution in [-0.2, 0) is 11.0 Å². The third-order valence-corrected chi connectivity index (χ3v) is 7.40. The number of fused-ring (bicyclic) bond motifs is 5. The predicted octanol–water partition coefficient (Wildman–Crippen LogP) is 3.28. The van der Waals surface area contributed by atoms with Gasteiger partial charge in [-0.2, -0.15) is 0 Å². The van der Waals surface area contributed by atoms with Crippen molar-refractivity contribution in [3.63, 3.8) is 0 Å². The molecule has 0 spiro atoms. The molecule has 1 aliphatic heterocycles. The van der Waals surface area contributed by atoms with Gasteiger partial charge in [0.25, 0.3) is 0 Å². The Morgan fingerprint density at radius 3 is 2.52 bits per heavy atom. The quantitative estimate of drug-likeness (QED) is 0.879. The number of rotatable bonds is 2. The monoisotopic (exact) mass is 307 g/mol. The zero-order chi connectivity index (χ0) is 15.9. The van der Waals surface area contributed by atoms with Crippen LogP contribution in [0, 0.1) is 17.8 Å². The van der Waals surface area contributed by atoms with Gasteiger partial charge in [-0.25, -0.2) is 0 Å². The molecule has 1 saturated heterocycles. The molecular formula is C21H25NO. The molecule has 1 saturated carbocycles. The van der Waals surface area contributed by atoms with Crippen LogP contribution in [0.1, 0.15) is 37.8 Å². The molecule has 1 aromatic rings. The van der Waals surface area contributed by atoms with E-state index >= 15 is 0 Å². The molecule has 120 valence electrons. The average Bonchev–Trinajstić information content (AvgIpc) is 3.26. The fourth-order valence-electron chi connectivity index (χ4n) is 6.39. The molecule has 0 amide bonds. The lowest BCUT2D eigenvalue weighted by Crippen LogP contribution is -2.49. The van der Waals surface area contributed by atoms with Gasteiger partial charge in [0.1, 0.15) is 0 Å². The minimum absolute atomic E-state index is 0.0207. The minimum Gasteiger partial charge on any atom is -0.396 e. The first kappa shape index (κ1) is 14.0. The zero-order valence-corrected chi connectivity index (χ0v) is 13.9. The fraction of sp³-hybridized carbons (Fsp3) is 0.524. The zero-order valence-electron chi connectivity index (χ0n) is 13.9. The third kappa shape index (κ3) is 1.47. The van der Waals surface area contributed by atoms with Gasteiger partial charge in [-0.1, -0.05) is 48.6 Å². The first-order valence-electron chi connectivity index (χ1n) is 8.91. The van der Waals surface area contributed by atoms with Crippen molar-refractivity contribution in [3.05, 3.63) is 59.7 Å². The van der Waals surface area contributed by atoms with Gasteiger partial charge in [0.15, 0.2) is 0 Å². The van der Waals surface area contributed by atoms with Crippen LogP contribution in [0.2, 0.25) is 0 Å². The molecule has 2 bridgehead atoms. The van der Waals surface area contributed by atoms with Crippen molar-refractivity contribution in [2.24, 2.45) is 17.8 Å². The summed E-state index contributed by atoms with van der Waals surface area (Å²) in [6.07, 6.45) is 11.3. The lowest BCUT2D eigenvalue weighted by Gasteiger charge is -2.37. The summed E-state index contributed by atoms with van der Waals surface area (Å²) in [6, 6.07) is 8.98. The molecule has 1 heterocycles. The van der Waals surface area contributed by atoms with Crippen molar-refractivity contribution < 1.29 is 5.11 Å². The van der Waals surface area contributed by atoms with Crippen LogP contribution >= 0.6 is 0 Å². The molecule has 2 heteroatoms. The molecule has 3 aliphatic carbocycles. The standard InChI is InChI=1S/C21H25NO/c1-19-14-7-3-4-8-15(14)20(2,22-19)18-13-21(18,11-12-23)17-10-6-5-9-16(17)19/h3-10,14-15,18,22-23H,11-13H2,1-2H3/t14?,15?,18?,19-,20+,21-/m1/s1. The second-order valence-corrected chi connectivity index (χ2v) is 8.36. The van der Waals surface area contributed by atoms with E-state index in [4.69, 9.17) is 0 Å². The predicted molar refractivity (Wildman–Crippen MR) is 92.1 cm³/mol. The number of hydrogen-bond donors (Lipinski definition) is 2. The largest absolute Gasteiger partial charge is 0.396 e. The van der Waals surface area contributed by atoms with Crippen molar-refractivity contribution >= 4 is 0 Å². The van der Waals surface area contributed by atoms with Crippen LogP contribution in [0.25, 0.3) is 0 Å². The van der Waals surface area contributed by atoms with Crippen molar-refractivity contribution in [1.29, 1.82) is 0 Å². The first-order chi connectivity index (χ1) is 11.1. The molecule has 23 heavy (non-hydrogen) atoms. The van der Waals surface area contributed by atoms with E-state index in [0.717, 1.165) is 6.42 Å². The maximum atomic E-state index is 9.73. The van der Waals surface area contributed by atoms with Gasteiger partial charge < -0.3 is 10.4 Å². The van der Waals surface area contributed by atoms with Crippen molar-refractivity contribution in [2.45, 2.75) is 43.2 Å². The molecule has 0 aromatic heterocycles. The Morgan fingerprint density at radius 1 is 1.09 bits per heavy atom. The highest BCUT2D eigenvalue weighted by Gasteiger charge is 2.72. The number of allylic oxidation sites excluding steroid dienone is 2. The van der Waals surface area contributed by atoms with E-state index in [-0.39, 0.29) is 23.1 Å². The van der Waals surface area contributed by atoms with E-state index in [2.05, 4.69) is 67.7 Å². The fourth-order valence-corrected chi connectivity index (χ4v) is 6.39. The normalized spacial score (nSPS) is 48.4. The summed E-state index contributed by atoms with van der Waals surface area (Å²) in [5.74, 6) is 1.65. The van der Waals surface area contributed by atoms with E-state index in [1.165, 1.54) is 17.5 Å². The van der Waals surface area contributed by atoms with Crippen molar-refractivity contribution in [1.82, 2.24) is 5.32 Å². The van der Waals surface area contributed by atoms with Crippen LogP contribution in [0.15, 0.2) is 48.6 Å². The molecule has 6 atom stereocenters. The van der Waals surface area contributed by atoms with E-state index in [0.29, 0.717) is 17.8 Å². The number of nitrogens with one attached hydrogen (secondary N) is 1. The number of hydrogen-bond acceptors (Lipinski definition) is 2. The number of aliphatic hydroxyl groups excluding tert-OH is 1. The van der Waals surface area contributed by atoms with Crippen LogP contribution in [-0.4, -0.2) is 17.3 Å². The Balaban J connectivity index is 1.79. The van der Waals surface area contributed by atoms with Gasteiger partial charge in [0.2, 0.25) is 0 Å². The third-order valence-electron chi connectivity index (χ3n) is 7.40. The summed E-state index contributed by atoms with van der Waals surface area (Å²) >= 11 is 0. The molecular weight excluding hydrogens is 282 g/mol. The lowest BCUT2D eigenvalue weighted by atomic mass is 9.65. The Bertz CT molecular complexity index is 737. The Labute approximate surface area is 138 Å². The first-order valence-corrected chi connectivity index (χ1v) is 8.91. The molecule has 3 unspecified atom stereocenters. The maximum Gasteiger partial charge on any atom is 0.0483 e. The van der Waals surface area contributed by atoms with Crippen LogP contribution in [0.3, 0.4) is 0 Å². The van der Waals surface area contributed by atoms with Crippen LogP contribution < -0.4 is 5.32 Å². The Morgan fingerprint density at radius 2 is 1.78 bits per heavy atom.